The monoisotopic (exact) mass is 493 g/mol. The van der Waals surface area contributed by atoms with Gasteiger partial charge in [0, 0.05) is 6.07 Å². The van der Waals surface area contributed by atoms with E-state index in [1.54, 1.807) is 26.0 Å². The van der Waals surface area contributed by atoms with Gasteiger partial charge in [0.05, 0.1) is 10.9 Å². The number of carbonyl (C=O) groups is 1. The van der Waals surface area contributed by atoms with Crippen molar-refractivity contribution in [3.05, 3.63) is 84.7 Å². The van der Waals surface area contributed by atoms with E-state index in [2.05, 4.69) is 24.3 Å². The summed E-state index contributed by atoms with van der Waals surface area (Å²) in [5.74, 6) is -1.05. The highest BCUT2D eigenvalue weighted by Gasteiger charge is 2.31. The van der Waals surface area contributed by atoms with Crippen LogP contribution in [0.5, 0.6) is 5.75 Å². The average Bonchev–Trinajstić information content (AvgIpc) is 2.65. The lowest BCUT2D eigenvalue weighted by molar-refractivity contribution is -0.135. The molecule has 0 radical (unpaired) electrons. The van der Waals surface area contributed by atoms with Crippen LogP contribution in [0.4, 0.5) is 4.39 Å². The molecule has 3 aromatic carbocycles. The number of benzene rings is 3. The minimum absolute atomic E-state index is 0.0356. The summed E-state index contributed by atoms with van der Waals surface area (Å²) in [5.41, 5.74) is 0. The first-order valence-corrected chi connectivity index (χ1v) is 10.7. The van der Waals surface area contributed by atoms with Crippen LogP contribution in [0.1, 0.15) is 13.8 Å². The van der Waals surface area contributed by atoms with Crippen LogP contribution < -0.4 is 4.74 Å². The van der Waals surface area contributed by atoms with Crippen LogP contribution in [0.3, 0.4) is 0 Å². The summed E-state index contributed by atoms with van der Waals surface area (Å²) in [6, 6.07) is 24.9. The molecule has 0 fully saturated rings. The van der Waals surface area contributed by atoms with Gasteiger partial charge in [0.15, 0.2) is 26.3 Å². The highest BCUT2D eigenvalue weighted by atomic mass is 127. The van der Waals surface area contributed by atoms with Gasteiger partial charge < -0.3 is 4.74 Å². The summed E-state index contributed by atoms with van der Waals surface area (Å²) in [6.45, 7) is 3.46. The molecular formula is C22H19FIO2S+. The quantitative estimate of drug-likeness (QED) is 0.143. The second kappa shape index (κ2) is 8.44. The molecule has 0 aliphatic heterocycles. The molecule has 0 aliphatic carbocycles. The highest BCUT2D eigenvalue weighted by molar-refractivity contribution is 14.1. The number of esters is 1. The van der Waals surface area contributed by atoms with Gasteiger partial charge in [0.25, 0.3) is 0 Å². The molecule has 0 N–H and O–H groups in total. The lowest BCUT2D eigenvalue weighted by Gasteiger charge is -2.15. The van der Waals surface area contributed by atoms with Gasteiger partial charge in [-0.15, -0.1) is 0 Å². The number of hydrogen-bond acceptors (Lipinski definition) is 2. The Morgan fingerprint density at radius 1 is 0.889 bits per heavy atom. The molecule has 0 heterocycles. The summed E-state index contributed by atoms with van der Waals surface area (Å²) in [7, 11) is -0.429. The Morgan fingerprint density at radius 2 is 1.41 bits per heavy atom. The SMILES string of the molecule is CC(C)(I)C(=O)Oc1cc([S+](c2ccccc2)c2ccccc2)ccc1F. The van der Waals surface area contributed by atoms with Crippen LogP contribution >= 0.6 is 22.6 Å². The van der Waals surface area contributed by atoms with Crippen molar-refractivity contribution in [2.45, 2.75) is 32.0 Å². The summed E-state index contributed by atoms with van der Waals surface area (Å²) >= 11 is 1.99. The standard InChI is InChI=1S/C22H19FIO2S/c1-22(2,24)21(25)26-20-15-18(13-14-19(20)23)27(16-9-5-3-6-10-16)17-11-7-4-8-12-17/h3-15H,1-2H3/q+1. The van der Waals surface area contributed by atoms with E-state index in [9.17, 15) is 9.18 Å². The average molecular weight is 493 g/mol. The van der Waals surface area contributed by atoms with E-state index < -0.39 is 26.1 Å². The molecule has 0 saturated carbocycles. The van der Waals surface area contributed by atoms with Crippen molar-refractivity contribution >= 4 is 39.5 Å². The number of rotatable bonds is 5. The lowest BCUT2D eigenvalue weighted by Crippen LogP contribution is -2.29. The number of hydrogen-bond donors (Lipinski definition) is 0. The summed E-state index contributed by atoms with van der Waals surface area (Å²) in [4.78, 5) is 15.3. The predicted molar refractivity (Wildman–Crippen MR) is 115 cm³/mol. The van der Waals surface area contributed by atoms with Crippen molar-refractivity contribution in [2.75, 3.05) is 0 Å². The fourth-order valence-corrected chi connectivity index (χ4v) is 4.65. The van der Waals surface area contributed by atoms with Gasteiger partial charge in [-0.3, -0.25) is 4.79 Å². The number of halogens is 2. The van der Waals surface area contributed by atoms with Crippen molar-refractivity contribution in [3.63, 3.8) is 0 Å². The van der Waals surface area contributed by atoms with E-state index >= 15 is 0 Å². The molecule has 0 aliphatic rings. The van der Waals surface area contributed by atoms with Gasteiger partial charge in [0.1, 0.15) is 3.42 Å². The Labute approximate surface area is 175 Å². The Hall–Kier alpha value is -1.86. The number of alkyl halides is 1. The van der Waals surface area contributed by atoms with Crippen molar-refractivity contribution in [2.24, 2.45) is 0 Å². The smallest absolute Gasteiger partial charge is 0.326 e. The van der Waals surface area contributed by atoms with Gasteiger partial charge in [-0.05, 0) is 50.2 Å². The molecule has 0 spiro atoms. The highest BCUT2D eigenvalue weighted by Crippen LogP contribution is 2.34. The van der Waals surface area contributed by atoms with Gasteiger partial charge in [-0.1, -0.05) is 59.0 Å². The lowest BCUT2D eigenvalue weighted by atomic mass is 10.2. The fraction of sp³-hybridized carbons (Fsp3) is 0.136. The van der Waals surface area contributed by atoms with Crippen molar-refractivity contribution in [1.82, 2.24) is 0 Å². The van der Waals surface area contributed by atoms with Crippen LogP contribution in [0, 0.1) is 5.82 Å². The molecule has 0 amide bonds. The molecule has 5 heteroatoms. The minimum atomic E-state index is -0.735. The maximum absolute atomic E-state index is 14.3. The van der Waals surface area contributed by atoms with Gasteiger partial charge >= 0.3 is 5.97 Å². The summed E-state index contributed by atoms with van der Waals surface area (Å²) in [5, 5.41) is 0. The number of ether oxygens (including phenoxy) is 1. The Balaban J connectivity index is 2.06. The molecule has 2 nitrogen and oxygen atoms in total. The Morgan fingerprint density at radius 3 is 1.89 bits per heavy atom. The first kappa shape index (κ1) is 19.9. The van der Waals surface area contributed by atoms with Crippen LogP contribution in [-0.4, -0.2) is 9.39 Å². The predicted octanol–water partition coefficient (Wildman–Crippen LogP) is 6.04. The van der Waals surface area contributed by atoms with Crippen molar-refractivity contribution in [1.29, 1.82) is 0 Å². The first-order valence-electron chi connectivity index (χ1n) is 8.41. The van der Waals surface area contributed by atoms with Gasteiger partial charge in [-0.2, -0.15) is 0 Å². The molecule has 3 aromatic rings. The molecule has 3 rings (SSSR count). The van der Waals surface area contributed by atoms with Crippen LogP contribution in [0.15, 0.2) is 93.5 Å². The molecule has 138 valence electrons. The molecule has 0 atom stereocenters. The largest absolute Gasteiger partial charge is 0.422 e. The Bertz CT molecular complexity index is 885. The molecule has 27 heavy (non-hydrogen) atoms. The van der Waals surface area contributed by atoms with E-state index in [1.165, 1.54) is 6.07 Å². The van der Waals surface area contributed by atoms with Crippen molar-refractivity contribution in [3.8, 4) is 5.75 Å². The molecule has 0 unspecified atom stereocenters. The molecule has 0 aromatic heterocycles. The van der Waals surface area contributed by atoms with E-state index in [1.807, 2.05) is 59.0 Å². The summed E-state index contributed by atoms with van der Waals surface area (Å²) in [6.07, 6.45) is 0. The summed E-state index contributed by atoms with van der Waals surface area (Å²) < 4.78 is 18.9. The second-order valence-electron chi connectivity index (χ2n) is 6.39. The third-order valence-electron chi connectivity index (χ3n) is 3.78. The third kappa shape index (κ3) is 4.90. The zero-order chi connectivity index (χ0) is 19.4. The zero-order valence-electron chi connectivity index (χ0n) is 15.0. The number of carbonyl (C=O) groups excluding carboxylic acids is 1. The fourth-order valence-electron chi connectivity index (χ4n) is 2.43. The topological polar surface area (TPSA) is 26.3 Å². The van der Waals surface area contributed by atoms with Gasteiger partial charge in [-0.25, -0.2) is 4.39 Å². The van der Waals surface area contributed by atoms with Gasteiger partial charge in [0.2, 0.25) is 0 Å². The minimum Gasteiger partial charge on any atom is -0.422 e. The second-order valence-corrected chi connectivity index (χ2v) is 11.1. The first-order chi connectivity index (χ1) is 12.9. The van der Waals surface area contributed by atoms with E-state index in [-0.39, 0.29) is 5.75 Å². The van der Waals surface area contributed by atoms with Crippen LogP contribution in [0.2, 0.25) is 0 Å². The Kier molecular flexibility index (Phi) is 6.22. The van der Waals surface area contributed by atoms with Crippen molar-refractivity contribution < 1.29 is 13.9 Å². The maximum atomic E-state index is 14.3. The van der Waals surface area contributed by atoms with Crippen LogP contribution in [0.25, 0.3) is 0 Å². The normalized spacial score (nSPS) is 11.4. The third-order valence-corrected chi connectivity index (χ3v) is 6.44. The van der Waals surface area contributed by atoms with E-state index in [0.717, 1.165) is 14.7 Å². The van der Waals surface area contributed by atoms with Crippen LogP contribution in [-0.2, 0) is 15.7 Å². The maximum Gasteiger partial charge on any atom is 0.326 e. The molecular weight excluding hydrogens is 474 g/mol. The zero-order valence-corrected chi connectivity index (χ0v) is 18.0. The molecule has 0 bridgehead atoms. The van der Waals surface area contributed by atoms with E-state index in [0.29, 0.717) is 0 Å². The molecule has 0 saturated heterocycles. The van der Waals surface area contributed by atoms with E-state index in [4.69, 9.17) is 4.74 Å².